The molecule has 1 atom stereocenters. The van der Waals surface area contributed by atoms with Crippen molar-refractivity contribution in [1.29, 1.82) is 0 Å². The Hall–Kier alpha value is -1.46. The molecule has 1 fully saturated rings. The van der Waals surface area contributed by atoms with Gasteiger partial charge in [-0.3, -0.25) is 4.98 Å². The van der Waals surface area contributed by atoms with Crippen LogP contribution in [0.5, 0.6) is 0 Å². The largest absolute Gasteiger partial charge is 0.370 e. The van der Waals surface area contributed by atoms with Crippen LogP contribution < -0.4 is 4.90 Å². The first-order valence-corrected chi connectivity index (χ1v) is 7.85. The first-order valence-electron chi connectivity index (χ1n) is 7.06. The molecule has 110 valence electrons. The van der Waals surface area contributed by atoms with E-state index in [1.54, 1.807) is 0 Å². The molecule has 21 heavy (non-hydrogen) atoms. The molecule has 1 aliphatic rings. The summed E-state index contributed by atoms with van der Waals surface area (Å²) in [7, 11) is 0. The number of benzene rings is 1. The summed E-state index contributed by atoms with van der Waals surface area (Å²) in [6.07, 6.45) is 1.86. The Kier molecular flexibility index (Phi) is 4.22. The molecule has 2 aromatic rings. The lowest BCUT2D eigenvalue weighted by molar-refractivity contribution is 0.0390. The average molecular weight is 348 g/mol. The number of nitrogens with zero attached hydrogens (tertiary/aromatic N) is 3. The van der Waals surface area contributed by atoms with Gasteiger partial charge in [0.05, 0.1) is 18.0 Å². The van der Waals surface area contributed by atoms with Crippen molar-refractivity contribution in [2.24, 2.45) is 0 Å². The Balaban J connectivity index is 1.86. The maximum atomic E-state index is 5.95. The number of ether oxygens (including phenoxy) is 1. The van der Waals surface area contributed by atoms with Gasteiger partial charge in [0.25, 0.3) is 0 Å². The lowest BCUT2D eigenvalue weighted by atomic mass is 10.1. The summed E-state index contributed by atoms with van der Waals surface area (Å²) in [5, 5.41) is 0. The first-order chi connectivity index (χ1) is 10.1. The molecule has 0 saturated carbocycles. The van der Waals surface area contributed by atoms with Crippen molar-refractivity contribution in [2.75, 3.05) is 24.6 Å². The maximum absolute atomic E-state index is 5.95. The van der Waals surface area contributed by atoms with Crippen molar-refractivity contribution in [2.45, 2.75) is 20.0 Å². The van der Waals surface area contributed by atoms with Gasteiger partial charge < -0.3 is 9.64 Å². The van der Waals surface area contributed by atoms with Crippen LogP contribution in [0.1, 0.15) is 23.1 Å². The molecule has 4 nitrogen and oxygen atoms in total. The van der Waals surface area contributed by atoms with Gasteiger partial charge in [-0.25, -0.2) is 4.98 Å². The summed E-state index contributed by atoms with van der Waals surface area (Å²) in [6, 6.07) is 8.22. The van der Waals surface area contributed by atoms with E-state index in [-0.39, 0.29) is 6.10 Å². The number of aryl methyl sites for hydroxylation is 2. The fraction of sp³-hybridized carbons (Fsp3) is 0.375. The molecule has 0 aliphatic carbocycles. The van der Waals surface area contributed by atoms with Crippen molar-refractivity contribution in [3.05, 3.63) is 51.9 Å². The lowest BCUT2D eigenvalue weighted by Crippen LogP contribution is -2.39. The van der Waals surface area contributed by atoms with Gasteiger partial charge in [0.1, 0.15) is 6.10 Å². The van der Waals surface area contributed by atoms with Gasteiger partial charge in [-0.15, -0.1) is 0 Å². The molecule has 1 aromatic heterocycles. The zero-order valence-corrected chi connectivity index (χ0v) is 13.8. The third-order valence-corrected chi connectivity index (χ3v) is 4.39. The standard InChI is InChI=1S/C16H18BrN3O/c1-11-9-18-12(2)16(19-11)20-7-8-21-15(10-20)13-5-3-4-6-14(13)17/h3-6,9,15H,7-8,10H2,1-2H3. The highest BCUT2D eigenvalue weighted by molar-refractivity contribution is 9.10. The SMILES string of the molecule is Cc1cnc(C)c(N2CCOC(c3ccccc3Br)C2)n1. The Labute approximate surface area is 133 Å². The molecule has 5 heteroatoms. The number of hydrogen-bond acceptors (Lipinski definition) is 4. The van der Waals surface area contributed by atoms with Crippen molar-refractivity contribution < 1.29 is 4.74 Å². The summed E-state index contributed by atoms with van der Waals surface area (Å²) in [6.45, 7) is 6.31. The molecule has 0 bridgehead atoms. The Bertz CT molecular complexity index is 647. The molecular formula is C16H18BrN3O. The van der Waals surface area contributed by atoms with Gasteiger partial charge in [0, 0.05) is 23.8 Å². The first kappa shape index (κ1) is 14.5. The predicted molar refractivity (Wildman–Crippen MR) is 86.6 cm³/mol. The van der Waals surface area contributed by atoms with Crippen molar-refractivity contribution in [3.63, 3.8) is 0 Å². The van der Waals surface area contributed by atoms with E-state index in [0.29, 0.717) is 6.61 Å². The van der Waals surface area contributed by atoms with Gasteiger partial charge in [-0.05, 0) is 25.5 Å². The number of rotatable bonds is 2. The fourth-order valence-corrected chi connectivity index (χ4v) is 3.13. The molecule has 0 radical (unpaired) electrons. The molecule has 3 rings (SSSR count). The van der Waals surface area contributed by atoms with Crippen LogP contribution in [0.2, 0.25) is 0 Å². The molecular weight excluding hydrogens is 330 g/mol. The third-order valence-electron chi connectivity index (χ3n) is 3.67. The van der Waals surface area contributed by atoms with Gasteiger partial charge in [-0.2, -0.15) is 0 Å². The van der Waals surface area contributed by atoms with Crippen LogP contribution in [0.4, 0.5) is 5.82 Å². The number of aromatic nitrogens is 2. The van der Waals surface area contributed by atoms with E-state index >= 15 is 0 Å². The zero-order chi connectivity index (χ0) is 14.8. The van der Waals surface area contributed by atoms with Crippen molar-refractivity contribution in [3.8, 4) is 0 Å². The monoisotopic (exact) mass is 347 g/mol. The van der Waals surface area contributed by atoms with Crippen molar-refractivity contribution >= 4 is 21.7 Å². The third kappa shape index (κ3) is 3.09. The number of morpholine rings is 1. The molecule has 1 saturated heterocycles. The zero-order valence-electron chi connectivity index (χ0n) is 12.2. The Morgan fingerprint density at radius 3 is 2.90 bits per heavy atom. The maximum Gasteiger partial charge on any atom is 0.150 e. The summed E-state index contributed by atoms with van der Waals surface area (Å²) >= 11 is 3.61. The summed E-state index contributed by atoms with van der Waals surface area (Å²) < 4.78 is 7.03. The molecule has 1 unspecified atom stereocenters. The van der Waals surface area contributed by atoms with E-state index in [1.165, 1.54) is 5.56 Å². The Morgan fingerprint density at radius 2 is 2.10 bits per heavy atom. The molecule has 0 amide bonds. The van der Waals surface area contributed by atoms with E-state index < -0.39 is 0 Å². The van der Waals surface area contributed by atoms with E-state index in [9.17, 15) is 0 Å². The predicted octanol–water partition coefficient (Wildman–Crippen LogP) is 3.43. The molecule has 0 N–H and O–H groups in total. The normalized spacial score (nSPS) is 18.8. The molecule has 1 aliphatic heterocycles. The van der Waals surface area contributed by atoms with Crippen LogP contribution in [0, 0.1) is 13.8 Å². The molecule has 0 spiro atoms. The summed E-state index contributed by atoms with van der Waals surface area (Å²) in [5.74, 6) is 0.968. The number of hydrogen-bond donors (Lipinski definition) is 0. The van der Waals surface area contributed by atoms with Gasteiger partial charge in [-0.1, -0.05) is 34.1 Å². The fourth-order valence-electron chi connectivity index (χ4n) is 2.59. The van der Waals surface area contributed by atoms with Crippen LogP contribution in [0.3, 0.4) is 0 Å². The highest BCUT2D eigenvalue weighted by Crippen LogP contribution is 2.30. The highest BCUT2D eigenvalue weighted by Gasteiger charge is 2.25. The van der Waals surface area contributed by atoms with Crippen LogP contribution in [-0.2, 0) is 4.74 Å². The van der Waals surface area contributed by atoms with Crippen LogP contribution in [0.25, 0.3) is 0 Å². The highest BCUT2D eigenvalue weighted by atomic mass is 79.9. The van der Waals surface area contributed by atoms with Gasteiger partial charge >= 0.3 is 0 Å². The Morgan fingerprint density at radius 1 is 1.29 bits per heavy atom. The molecule has 1 aromatic carbocycles. The minimum atomic E-state index is 0.0519. The van der Waals surface area contributed by atoms with Crippen molar-refractivity contribution in [1.82, 2.24) is 9.97 Å². The van der Waals surface area contributed by atoms with E-state index in [1.807, 2.05) is 32.2 Å². The van der Waals surface area contributed by atoms with Crippen LogP contribution in [-0.4, -0.2) is 29.7 Å². The number of anilines is 1. The minimum absolute atomic E-state index is 0.0519. The topological polar surface area (TPSA) is 38.2 Å². The minimum Gasteiger partial charge on any atom is -0.370 e. The smallest absolute Gasteiger partial charge is 0.150 e. The average Bonchev–Trinajstić information content (AvgIpc) is 2.50. The van der Waals surface area contributed by atoms with Gasteiger partial charge in [0.15, 0.2) is 5.82 Å². The van der Waals surface area contributed by atoms with Crippen LogP contribution in [0.15, 0.2) is 34.9 Å². The van der Waals surface area contributed by atoms with E-state index in [0.717, 1.165) is 34.8 Å². The van der Waals surface area contributed by atoms with Gasteiger partial charge in [0.2, 0.25) is 0 Å². The second-order valence-corrected chi connectivity index (χ2v) is 6.10. The summed E-state index contributed by atoms with van der Waals surface area (Å²) in [5.41, 5.74) is 3.09. The number of halogens is 1. The second kappa shape index (κ2) is 6.12. The quantitative estimate of drug-likeness (QED) is 0.834. The molecule has 2 heterocycles. The van der Waals surface area contributed by atoms with E-state index in [2.05, 4.69) is 42.9 Å². The summed E-state index contributed by atoms with van der Waals surface area (Å²) in [4.78, 5) is 11.3. The second-order valence-electron chi connectivity index (χ2n) is 5.25. The van der Waals surface area contributed by atoms with E-state index in [4.69, 9.17) is 4.74 Å². The lowest BCUT2D eigenvalue weighted by Gasteiger charge is -2.34. The van der Waals surface area contributed by atoms with Crippen LogP contribution >= 0.6 is 15.9 Å².